The van der Waals surface area contributed by atoms with Gasteiger partial charge in [0.1, 0.15) is 0 Å². The number of carbonyl (C=O) groups excluding carboxylic acids is 1. The Bertz CT molecular complexity index is 620. The Labute approximate surface area is 126 Å². The lowest BCUT2D eigenvalue weighted by molar-refractivity contribution is 0.0599. The molecule has 2 nitrogen and oxygen atoms in total. The van der Waals surface area contributed by atoms with Gasteiger partial charge in [-0.3, -0.25) is 0 Å². The molecule has 0 radical (unpaired) electrons. The second kappa shape index (κ2) is 8.18. The summed E-state index contributed by atoms with van der Waals surface area (Å²) in [4.78, 5) is 11.9. The van der Waals surface area contributed by atoms with Crippen molar-refractivity contribution in [1.29, 1.82) is 0 Å². The average molecular weight is 280 g/mol. The number of aryl methyl sites for hydroxylation is 2. The molecule has 1 aromatic rings. The molecule has 2 aliphatic rings. The van der Waals surface area contributed by atoms with Gasteiger partial charge in [-0.15, -0.1) is 0 Å². The summed E-state index contributed by atoms with van der Waals surface area (Å²) in [5, 5.41) is 0. The van der Waals surface area contributed by atoms with Crippen molar-refractivity contribution in [3.8, 4) is 23.7 Å². The molecule has 0 saturated carbocycles. The molecule has 21 heavy (non-hydrogen) atoms. The molecule has 2 bridgehead atoms. The lowest BCUT2D eigenvalue weighted by Gasteiger charge is -2.10. The molecule has 0 atom stereocenters. The maximum absolute atomic E-state index is 11.9. The van der Waals surface area contributed by atoms with Gasteiger partial charge in [0.25, 0.3) is 0 Å². The van der Waals surface area contributed by atoms with Gasteiger partial charge in [0.05, 0.1) is 12.7 Å². The van der Waals surface area contributed by atoms with Crippen LogP contribution in [-0.2, 0) is 17.6 Å². The number of methoxy groups -OCH3 is 1. The molecule has 0 heterocycles. The Morgan fingerprint density at radius 3 is 2.57 bits per heavy atom. The van der Waals surface area contributed by atoms with Crippen LogP contribution in [0.2, 0.25) is 0 Å². The van der Waals surface area contributed by atoms with E-state index in [-0.39, 0.29) is 5.97 Å². The zero-order chi connectivity index (χ0) is 14.9. The first-order valence-electron chi connectivity index (χ1n) is 7.47. The fraction of sp³-hybridized carbons (Fsp3) is 0.421. The quantitative estimate of drug-likeness (QED) is 0.581. The van der Waals surface area contributed by atoms with E-state index in [0.717, 1.165) is 50.5 Å². The van der Waals surface area contributed by atoms with Gasteiger partial charge in [0, 0.05) is 12.8 Å². The van der Waals surface area contributed by atoms with Crippen molar-refractivity contribution in [2.75, 3.05) is 7.11 Å². The Morgan fingerprint density at radius 1 is 1.05 bits per heavy atom. The van der Waals surface area contributed by atoms with Crippen molar-refractivity contribution in [2.45, 2.75) is 44.9 Å². The second-order valence-corrected chi connectivity index (χ2v) is 5.15. The SMILES string of the molecule is COC(=O)c1cc2ccc1CCCC#CC#CCCCC2. The highest BCUT2D eigenvalue weighted by atomic mass is 16.5. The summed E-state index contributed by atoms with van der Waals surface area (Å²) in [6.45, 7) is 0. The molecule has 108 valence electrons. The first-order chi connectivity index (χ1) is 10.3. The van der Waals surface area contributed by atoms with E-state index in [2.05, 4.69) is 35.8 Å². The Kier molecular flexibility index (Phi) is 5.92. The molecule has 0 fully saturated rings. The lowest BCUT2D eigenvalue weighted by Crippen LogP contribution is -2.07. The van der Waals surface area contributed by atoms with Gasteiger partial charge in [-0.05, 0) is 61.1 Å². The zero-order valence-electron chi connectivity index (χ0n) is 12.5. The van der Waals surface area contributed by atoms with Gasteiger partial charge in [0.2, 0.25) is 0 Å². The molecular formula is C19H20O2. The zero-order valence-corrected chi connectivity index (χ0v) is 12.5. The van der Waals surface area contributed by atoms with Crippen LogP contribution >= 0.6 is 0 Å². The fourth-order valence-electron chi connectivity index (χ4n) is 2.42. The van der Waals surface area contributed by atoms with Crippen molar-refractivity contribution >= 4 is 5.97 Å². The summed E-state index contributed by atoms with van der Waals surface area (Å²) in [6.07, 6.45) is 6.56. The Hall–Kier alpha value is -2.19. The van der Waals surface area contributed by atoms with Gasteiger partial charge in [-0.2, -0.15) is 0 Å². The standard InChI is InChI=1S/C19H20O2/c1-21-19(20)18-15-16-11-9-7-5-3-2-4-6-8-10-12-17(18)14-13-16/h13-15H,5,7-12H2,1H3. The van der Waals surface area contributed by atoms with Gasteiger partial charge in [-0.1, -0.05) is 24.0 Å². The number of carbonyl (C=O) groups is 1. The van der Waals surface area contributed by atoms with Crippen molar-refractivity contribution in [2.24, 2.45) is 0 Å². The minimum atomic E-state index is -0.245. The van der Waals surface area contributed by atoms with E-state index in [0.29, 0.717) is 5.56 Å². The van der Waals surface area contributed by atoms with Crippen molar-refractivity contribution in [1.82, 2.24) is 0 Å². The molecule has 0 amide bonds. The first kappa shape index (κ1) is 15.2. The number of benzene rings is 1. The van der Waals surface area contributed by atoms with Crippen molar-refractivity contribution in [3.05, 3.63) is 34.9 Å². The van der Waals surface area contributed by atoms with E-state index in [1.807, 2.05) is 6.07 Å². The second-order valence-electron chi connectivity index (χ2n) is 5.15. The molecule has 0 spiro atoms. The highest BCUT2D eigenvalue weighted by molar-refractivity contribution is 5.91. The highest BCUT2D eigenvalue weighted by Gasteiger charge is 2.12. The summed E-state index contributed by atoms with van der Waals surface area (Å²) in [5.41, 5.74) is 2.95. The van der Waals surface area contributed by atoms with Crippen LogP contribution in [0.3, 0.4) is 0 Å². The maximum atomic E-state index is 11.9. The molecule has 0 aromatic heterocycles. The summed E-state index contributed by atoms with van der Waals surface area (Å²) in [5.74, 6) is 11.7. The van der Waals surface area contributed by atoms with Crippen LogP contribution in [0, 0.1) is 23.7 Å². The predicted molar refractivity (Wildman–Crippen MR) is 83.8 cm³/mol. The number of ether oxygens (including phenoxy) is 1. The van der Waals surface area contributed by atoms with E-state index >= 15 is 0 Å². The first-order valence-corrected chi connectivity index (χ1v) is 7.47. The van der Waals surface area contributed by atoms with E-state index in [4.69, 9.17) is 4.74 Å². The number of esters is 1. The lowest BCUT2D eigenvalue weighted by atomic mass is 9.97. The minimum Gasteiger partial charge on any atom is -0.465 e. The number of hydrogen-bond donors (Lipinski definition) is 0. The third kappa shape index (κ3) is 4.69. The van der Waals surface area contributed by atoms with Gasteiger partial charge < -0.3 is 4.74 Å². The van der Waals surface area contributed by atoms with Crippen LogP contribution in [-0.4, -0.2) is 13.1 Å². The molecule has 1 aromatic carbocycles. The molecule has 2 heteroatoms. The molecule has 3 rings (SSSR count). The smallest absolute Gasteiger partial charge is 0.338 e. The molecule has 0 saturated heterocycles. The van der Waals surface area contributed by atoms with E-state index < -0.39 is 0 Å². The van der Waals surface area contributed by atoms with Crippen molar-refractivity contribution < 1.29 is 9.53 Å². The topological polar surface area (TPSA) is 26.3 Å². The average Bonchev–Trinajstić information content (AvgIpc) is 2.53. The number of hydrogen-bond acceptors (Lipinski definition) is 2. The minimum absolute atomic E-state index is 0.245. The van der Waals surface area contributed by atoms with Crippen LogP contribution in [0.1, 0.15) is 53.6 Å². The molecule has 0 N–H and O–H groups in total. The highest BCUT2D eigenvalue weighted by Crippen LogP contribution is 2.18. The number of rotatable bonds is 1. The van der Waals surface area contributed by atoms with E-state index in [9.17, 15) is 4.79 Å². The predicted octanol–water partition coefficient (Wildman–Crippen LogP) is 3.53. The van der Waals surface area contributed by atoms with Crippen LogP contribution in [0.25, 0.3) is 0 Å². The summed E-state index contributed by atoms with van der Waals surface area (Å²) < 4.78 is 4.91. The third-order valence-corrected chi connectivity index (χ3v) is 3.58. The van der Waals surface area contributed by atoms with Crippen LogP contribution in [0.15, 0.2) is 18.2 Å². The molecular weight excluding hydrogens is 260 g/mol. The summed E-state index contributed by atoms with van der Waals surface area (Å²) in [7, 11) is 1.43. The molecule has 0 unspecified atom stereocenters. The summed E-state index contributed by atoms with van der Waals surface area (Å²) >= 11 is 0. The van der Waals surface area contributed by atoms with Gasteiger partial charge >= 0.3 is 5.97 Å². The largest absolute Gasteiger partial charge is 0.465 e. The Morgan fingerprint density at radius 2 is 1.81 bits per heavy atom. The monoisotopic (exact) mass is 280 g/mol. The number of fused-ring (bicyclic) bond motifs is 10. The van der Waals surface area contributed by atoms with Gasteiger partial charge in [-0.25, -0.2) is 4.79 Å². The molecule has 2 aliphatic carbocycles. The normalized spacial score (nSPS) is 14.7. The maximum Gasteiger partial charge on any atom is 0.338 e. The van der Waals surface area contributed by atoms with Gasteiger partial charge in [0.15, 0.2) is 0 Å². The van der Waals surface area contributed by atoms with E-state index in [1.54, 1.807) is 0 Å². The van der Waals surface area contributed by atoms with Crippen molar-refractivity contribution in [3.63, 3.8) is 0 Å². The summed E-state index contributed by atoms with van der Waals surface area (Å²) in [6, 6.07) is 6.17. The van der Waals surface area contributed by atoms with Crippen LogP contribution < -0.4 is 0 Å². The molecule has 0 aliphatic heterocycles. The third-order valence-electron chi connectivity index (χ3n) is 3.58. The Balaban J connectivity index is 2.23. The van der Waals surface area contributed by atoms with Crippen LogP contribution in [0.4, 0.5) is 0 Å². The van der Waals surface area contributed by atoms with E-state index in [1.165, 1.54) is 12.7 Å². The fourth-order valence-corrected chi connectivity index (χ4v) is 2.42. The van der Waals surface area contributed by atoms with Crippen LogP contribution in [0.5, 0.6) is 0 Å².